The van der Waals surface area contributed by atoms with Crippen LogP contribution in [0.1, 0.15) is 38.2 Å². The number of nitrogens with one attached hydrogen (secondary N) is 1. The van der Waals surface area contributed by atoms with E-state index >= 15 is 0 Å². The second-order valence-electron chi connectivity index (χ2n) is 10.3. The topological polar surface area (TPSA) is 90.4 Å². The third-order valence-electron chi connectivity index (χ3n) is 7.54. The fourth-order valence-corrected chi connectivity index (χ4v) is 5.53. The minimum absolute atomic E-state index is 0.114. The summed E-state index contributed by atoms with van der Waals surface area (Å²) in [6.07, 6.45) is 6.01. The highest BCUT2D eigenvalue weighted by molar-refractivity contribution is 6.01. The number of urea groups is 1. The number of benzene rings is 2. The SMILES string of the molecule is COc1ccc(N(C(=O)N2CCN(c3cccc(C)c3)C(C)C2)c2ncccc2NO)cc1OC1CCCC1. The predicted octanol–water partition coefficient (Wildman–Crippen LogP) is 5.99. The lowest BCUT2D eigenvalue weighted by Gasteiger charge is -2.42. The summed E-state index contributed by atoms with van der Waals surface area (Å²) < 4.78 is 11.9. The molecule has 1 unspecified atom stereocenters. The zero-order valence-electron chi connectivity index (χ0n) is 22.8. The Balaban J connectivity index is 1.47. The van der Waals surface area contributed by atoms with Gasteiger partial charge in [0, 0.05) is 43.6 Å². The van der Waals surface area contributed by atoms with E-state index in [1.165, 1.54) is 10.5 Å². The van der Waals surface area contributed by atoms with Crippen LogP contribution in [0.2, 0.25) is 0 Å². The number of hydrogen-bond acceptors (Lipinski definition) is 7. The van der Waals surface area contributed by atoms with Crippen molar-refractivity contribution in [1.82, 2.24) is 9.88 Å². The van der Waals surface area contributed by atoms with Gasteiger partial charge in [-0.1, -0.05) is 12.1 Å². The summed E-state index contributed by atoms with van der Waals surface area (Å²) in [5.41, 5.74) is 5.48. The molecule has 0 radical (unpaired) electrons. The maximum atomic E-state index is 14.2. The molecule has 1 aliphatic heterocycles. The standard InChI is InChI=1S/C30H37N5O4/c1-21-8-6-9-23(18-21)34-17-16-33(20-22(34)2)30(36)35(29-26(32-37)12-7-15-31-29)24-13-14-27(38-3)28(19-24)39-25-10-4-5-11-25/h6-9,12-15,18-19,22,25,32,37H,4-5,10-11,16-17,20H2,1-3H3. The van der Waals surface area contributed by atoms with Gasteiger partial charge < -0.3 is 19.3 Å². The van der Waals surface area contributed by atoms with Gasteiger partial charge in [0.1, 0.15) is 5.69 Å². The lowest BCUT2D eigenvalue weighted by molar-refractivity contribution is 0.195. The molecule has 1 aliphatic carbocycles. The maximum Gasteiger partial charge on any atom is 0.330 e. The summed E-state index contributed by atoms with van der Waals surface area (Å²) in [5.74, 6) is 1.50. The van der Waals surface area contributed by atoms with Gasteiger partial charge in [0.25, 0.3) is 0 Å². The van der Waals surface area contributed by atoms with Crippen molar-refractivity contribution in [1.29, 1.82) is 0 Å². The number of ether oxygens (including phenoxy) is 2. The van der Waals surface area contributed by atoms with Crippen LogP contribution in [0.25, 0.3) is 0 Å². The largest absolute Gasteiger partial charge is 0.493 e. The number of aromatic nitrogens is 1. The van der Waals surface area contributed by atoms with Crippen LogP contribution >= 0.6 is 0 Å². The fourth-order valence-electron chi connectivity index (χ4n) is 5.53. The molecule has 2 heterocycles. The highest BCUT2D eigenvalue weighted by atomic mass is 16.5. The number of piperazine rings is 1. The molecule has 1 atom stereocenters. The summed E-state index contributed by atoms with van der Waals surface area (Å²) in [6, 6.07) is 17.2. The van der Waals surface area contributed by atoms with E-state index in [4.69, 9.17) is 9.47 Å². The lowest BCUT2D eigenvalue weighted by Crippen LogP contribution is -2.56. The first-order valence-corrected chi connectivity index (χ1v) is 13.6. The number of aryl methyl sites for hydroxylation is 1. The number of anilines is 4. The van der Waals surface area contributed by atoms with Crippen molar-refractivity contribution in [3.05, 3.63) is 66.4 Å². The van der Waals surface area contributed by atoms with Crippen molar-refractivity contribution in [2.24, 2.45) is 0 Å². The second-order valence-corrected chi connectivity index (χ2v) is 10.3. The Kier molecular flexibility index (Phi) is 8.07. The molecule has 3 aromatic rings. The van der Waals surface area contributed by atoms with Gasteiger partial charge in [-0.2, -0.15) is 0 Å². The molecule has 2 amide bonds. The van der Waals surface area contributed by atoms with E-state index in [0.717, 1.165) is 31.4 Å². The molecule has 2 aromatic carbocycles. The molecular weight excluding hydrogens is 494 g/mol. The van der Waals surface area contributed by atoms with E-state index in [1.807, 2.05) is 23.1 Å². The molecule has 0 spiro atoms. The summed E-state index contributed by atoms with van der Waals surface area (Å²) in [4.78, 5) is 24.4. The molecule has 5 rings (SSSR count). The van der Waals surface area contributed by atoms with Crippen molar-refractivity contribution in [2.75, 3.05) is 42.0 Å². The second kappa shape index (κ2) is 11.8. The van der Waals surface area contributed by atoms with E-state index in [9.17, 15) is 10.0 Å². The molecule has 1 saturated heterocycles. The molecule has 9 heteroatoms. The van der Waals surface area contributed by atoms with Crippen LogP contribution in [-0.2, 0) is 0 Å². The predicted molar refractivity (Wildman–Crippen MR) is 153 cm³/mol. The third kappa shape index (κ3) is 5.73. The molecule has 2 fully saturated rings. The van der Waals surface area contributed by atoms with Gasteiger partial charge in [0.05, 0.1) is 18.9 Å². The molecule has 1 saturated carbocycles. The number of methoxy groups -OCH3 is 1. The number of rotatable bonds is 7. The van der Waals surface area contributed by atoms with Crippen LogP contribution in [0.3, 0.4) is 0 Å². The summed E-state index contributed by atoms with van der Waals surface area (Å²) in [6.45, 7) is 6.01. The molecule has 39 heavy (non-hydrogen) atoms. The van der Waals surface area contributed by atoms with Crippen LogP contribution < -0.4 is 24.8 Å². The summed E-state index contributed by atoms with van der Waals surface area (Å²) in [7, 11) is 1.61. The van der Waals surface area contributed by atoms with Gasteiger partial charge in [0.2, 0.25) is 0 Å². The molecular formula is C30H37N5O4. The van der Waals surface area contributed by atoms with E-state index in [0.29, 0.717) is 48.3 Å². The summed E-state index contributed by atoms with van der Waals surface area (Å²) >= 11 is 0. The quantitative estimate of drug-likeness (QED) is 0.362. The number of pyridine rings is 1. The van der Waals surface area contributed by atoms with Gasteiger partial charge in [-0.05, 0) is 81.5 Å². The first-order valence-electron chi connectivity index (χ1n) is 13.6. The van der Waals surface area contributed by atoms with E-state index in [2.05, 4.69) is 53.5 Å². The zero-order valence-corrected chi connectivity index (χ0v) is 22.8. The Morgan fingerprint density at radius 3 is 2.62 bits per heavy atom. The number of nitrogens with zero attached hydrogens (tertiary/aromatic N) is 4. The highest BCUT2D eigenvalue weighted by Gasteiger charge is 2.33. The molecule has 2 aliphatic rings. The zero-order chi connectivity index (χ0) is 27.4. The van der Waals surface area contributed by atoms with E-state index in [-0.39, 0.29) is 18.2 Å². The van der Waals surface area contributed by atoms with Gasteiger partial charge in [-0.15, -0.1) is 0 Å². The van der Waals surface area contributed by atoms with Crippen LogP contribution in [0, 0.1) is 6.92 Å². The highest BCUT2D eigenvalue weighted by Crippen LogP contribution is 2.39. The summed E-state index contributed by atoms with van der Waals surface area (Å²) in [5, 5.41) is 9.87. The Hall–Kier alpha value is -3.98. The first kappa shape index (κ1) is 26.6. The monoisotopic (exact) mass is 531 g/mol. The van der Waals surface area contributed by atoms with Gasteiger partial charge in [-0.3, -0.25) is 10.7 Å². The average molecular weight is 532 g/mol. The van der Waals surface area contributed by atoms with Crippen molar-refractivity contribution in [3.63, 3.8) is 0 Å². The van der Waals surface area contributed by atoms with E-state index in [1.54, 1.807) is 25.4 Å². The normalized spacial score (nSPS) is 17.7. The van der Waals surface area contributed by atoms with Gasteiger partial charge in [0.15, 0.2) is 17.3 Å². The fraction of sp³-hybridized carbons (Fsp3) is 0.400. The number of amides is 2. The van der Waals surface area contributed by atoms with Gasteiger partial charge >= 0.3 is 6.03 Å². The molecule has 0 bridgehead atoms. The molecule has 2 N–H and O–H groups in total. The Morgan fingerprint density at radius 2 is 1.90 bits per heavy atom. The van der Waals surface area contributed by atoms with Crippen molar-refractivity contribution in [3.8, 4) is 11.5 Å². The minimum atomic E-state index is -0.224. The van der Waals surface area contributed by atoms with Crippen LogP contribution in [0.4, 0.5) is 27.7 Å². The minimum Gasteiger partial charge on any atom is -0.493 e. The van der Waals surface area contributed by atoms with Crippen LogP contribution in [-0.4, -0.2) is 60.0 Å². The van der Waals surface area contributed by atoms with Crippen molar-refractivity contribution >= 4 is 28.9 Å². The van der Waals surface area contributed by atoms with Crippen LogP contribution in [0.5, 0.6) is 11.5 Å². The molecule has 206 valence electrons. The molecule has 1 aromatic heterocycles. The number of carbonyl (C=O) groups is 1. The smallest absolute Gasteiger partial charge is 0.330 e. The number of hydrogen-bond donors (Lipinski definition) is 2. The lowest BCUT2D eigenvalue weighted by atomic mass is 10.1. The Morgan fingerprint density at radius 1 is 1.08 bits per heavy atom. The third-order valence-corrected chi connectivity index (χ3v) is 7.54. The van der Waals surface area contributed by atoms with Crippen molar-refractivity contribution in [2.45, 2.75) is 51.7 Å². The first-order chi connectivity index (χ1) is 19.0. The van der Waals surface area contributed by atoms with Crippen molar-refractivity contribution < 1.29 is 19.5 Å². The number of carbonyl (C=O) groups excluding carboxylic acids is 1. The Bertz CT molecular complexity index is 1300. The average Bonchev–Trinajstić information content (AvgIpc) is 3.46. The maximum absolute atomic E-state index is 14.2. The van der Waals surface area contributed by atoms with E-state index < -0.39 is 0 Å². The molecule has 9 nitrogen and oxygen atoms in total. The Labute approximate surface area is 229 Å². The van der Waals surface area contributed by atoms with Crippen LogP contribution in [0.15, 0.2) is 60.8 Å². The van der Waals surface area contributed by atoms with Gasteiger partial charge in [-0.25, -0.2) is 14.7 Å².